The van der Waals surface area contributed by atoms with E-state index in [4.69, 9.17) is 14.2 Å². The van der Waals surface area contributed by atoms with E-state index in [9.17, 15) is 9.90 Å². The molecule has 140 valence electrons. The van der Waals surface area contributed by atoms with Crippen molar-refractivity contribution in [3.8, 4) is 5.75 Å². The van der Waals surface area contributed by atoms with Gasteiger partial charge in [0, 0.05) is 39.5 Å². The van der Waals surface area contributed by atoms with Gasteiger partial charge in [-0.15, -0.1) is 0 Å². The number of likely N-dealkylation sites (tertiary alicyclic amines) is 1. The predicted molar refractivity (Wildman–Crippen MR) is 94.8 cm³/mol. The van der Waals surface area contributed by atoms with Crippen LogP contribution in [0.1, 0.15) is 30.4 Å². The lowest BCUT2D eigenvalue weighted by Crippen LogP contribution is -2.48. The van der Waals surface area contributed by atoms with Crippen LogP contribution in [-0.4, -0.2) is 57.0 Å². The second-order valence-corrected chi connectivity index (χ2v) is 6.72. The summed E-state index contributed by atoms with van der Waals surface area (Å²) in [5.74, 6) is 0.0910. The number of methoxy groups -OCH3 is 3. The molecule has 1 aromatic carbocycles. The van der Waals surface area contributed by atoms with Crippen LogP contribution in [0.25, 0.3) is 0 Å². The average molecular weight is 351 g/mol. The zero-order chi connectivity index (χ0) is 18.3. The highest BCUT2D eigenvalue weighted by Gasteiger charge is 2.41. The molecule has 1 N–H and O–H groups in total. The molecule has 1 aliphatic heterocycles. The molecule has 0 amide bonds. The molecule has 1 heterocycles. The van der Waals surface area contributed by atoms with Crippen LogP contribution in [0.4, 0.5) is 0 Å². The number of piperidine rings is 1. The number of hydrogen-bond donors (Lipinski definition) is 1. The van der Waals surface area contributed by atoms with Gasteiger partial charge in [0.15, 0.2) is 0 Å². The molecule has 1 fully saturated rings. The molecule has 1 saturated heterocycles. The van der Waals surface area contributed by atoms with Crippen molar-refractivity contribution in [1.29, 1.82) is 0 Å². The maximum atomic E-state index is 11.9. The van der Waals surface area contributed by atoms with Gasteiger partial charge in [-0.05, 0) is 43.5 Å². The summed E-state index contributed by atoms with van der Waals surface area (Å²) in [5, 5.41) is 9.77. The summed E-state index contributed by atoms with van der Waals surface area (Å²) in [7, 11) is 4.93. The van der Waals surface area contributed by atoms with Gasteiger partial charge in [-0.3, -0.25) is 9.69 Å². The topological polar surface area (TPSA) is 68.2 Å². The van der Waals surface area contributed by atoms with Crippen LogP contribution >= 0.6 is 0 Å². The molecule has 1 atom stereocenters. The Kier molecular flexibility index (Phi) is 7.23. The Hall–Kier alpha value is -1.63. The molecule has 0 saturated carbocycles. The maximum absolute atomic E-state index is 11.9. The number of carbonyl (C=O) groups is 1. The molecule has 1 aliphatic rings. The summed E-state index contributed by atoms with van der Waals surface area (Å²) in [6.45, 7) is 3.15. The molecule has 25 heavy (non-hydrogen) atoms. The first-order valence-corrected chi connectivity index (χ1v) is 8.64. The molecule has 0 spiro atoms. The summed E-state index contributed by atoms with van der Waals surface area (Å²) in [6.07, 6.45) is 2.14. The smallest absolute Gasteiger partial charge is 0.311 e. The largest absolute Gasteiger partial charge is 0.496 e. The van der Waals surface area contributed by atoms with Gasteiger partial charge in [-0.2, -0.15) is 0 Å². The number of aliphatic carboxylic acids is 1. The highest BCUT2D eigenvalue weighted by molar-refractivity contribution is 5.75. The molecular formula is C19H29NO5. The Morgan fingerprint density at radius 1 is 1.28 bits per heavy atom. The second kappa shape index (κ2) is 9.17. The van der Waals surface area contributed by atoms with Crippen molar-refractivity contribution in [2.24, 2.45) is 5.41 Å². The molecule has 0 aromatic heterocycles. The number of rotatable bonds is 9. The van der Waals surface area contributed by atoms with Crippen molar-refractivity contribution in [3.63, 3.8) is 0 Å². The van der Waals surface area contributed by atoms with E-state index in [2.05, 4.69) is 11.0 Å². The zero-order valence-electron chi connectivity index (χ0n) is 15.4. The van der Waals surface area contributed by atoms with E-state index < -0.39 is 11.4 Å². The molecular weight excluding hydrogens is 322 g/mol. The summed E-state index contributed by atoms with van der Waals surface area (Å²) < 4.78 is 15.7. The van der Waals surface area contributed by atoms with Gasteiger partial charge in [0.25, 0.3) is 0 Å². The third-order valence-electron chi connectivity index (χ3n) is 4.95. The van der Waals surface area contributed by atoms with Crippen molar-refractivity contribution >= 4 is 5.97 Å². The highest BCUT2D eigenvalue weighted by atomic mass is 16.5. The molecule has 2 rings (SSSR count). The van der Waals surface area contributed by atoms with Crippen molar-refractivity contribution in [3.05, 3.63) is 29.3 Å². The third kappa shape index (κ3) is 4.93. The van der Waals surface area contributed by atoms with Crippen LogP contribution < -0.4 is 4.74 Å². The lowest BCUT2D eigenvalue weighted by Gasteiger charge is -2.40. The zero-order valence-corrected chi connectivity index (χ0v) is 15.4. The standard InChI is InChI=1S/C19H29NO5/c1-23-10-8-19(18(21)22)7-4-9-20(14-19)12-15-5-6-17(25-3)16(11-15)13-24-2/h5-6,11H,4,7-10,12-14H2,1-3H3,(H,21,22)/t19-/m0/s1. The Morgan fingerprint density at radius 2 is 2.08 bits per heavy atom. The van der Waals surface area contributed by atoms with E-state index in [0.29, 0.717) is 32.6 Å². The van der Waals surface area contributed by atoms with Gasteiger partial charge < -0.3 is 19.3 Å². The minimum absolute atomic E-state index is 0.473. The molecule has 6 heteroatoms. The summed E-state index contributed by atoms with van der Waals surface area (Å²) in [5.41, 5.74) is 1.43. The number of carboxylic acid groups (broad SMARTS) is 1. The fraction of sp³-hybridized carbons (Fsp3) is 0.632. The van der Waals surface area contributed by atoms with E-state index in [1.54, 1.807) is 21.3 Å². The minimum Gasteiger partial charge on any atom is -0.496 e. The van der Waals surface area contributed by atoms with Crippen LogP contribution in [0.5, 0.6) is 5.75 Å². The fourth-order valence-electron chi connectivity index (χ4n) is 3.60. The van der Waals surface area contributed by atoms with Crippen molar-refractivity contribution in [1.82, 2.24) is 4.90 Å². The molecule has 1 aromatic rings. The quantitative estimate of drug-likeness (QED) is 0.737. The minimum atomic E-state index is -0.718. The average Bonchev–Trinajstić information content (AvgIpc) is 2.61. The Bertz CT molecular complexity index is 577. The number of ether oxygens (including phenoxy) is 3. The molecule has 0 unspecified atom stereocenters. The highest BCUT2D eigenvalue weighted by Crippen LogP contribution is 2.35. The number of nitrogens with zero attached hydrogens (tertiary/aromatic N) is 1. The van der Waals surface area contributed by atoms with E-state index in [1.807, 2.05) is 12.1 Å². The third-order valence-corrected chi connectivity index (χ3v) is 4.95. The van der Waals surface area contributed by atoms with E-state index in [-0.39, 0.29) is 0 Å². The molecule has 0 bridgehead atoms. The molecule has 0 aliphatic carbocycles. The van der Waals surface area contributed by atoms with Crippen molar-refractivity contribution in [2.75, 3.05) is 41.0 Å². The van der Waals surface area contributed by atoms with E-state index in [1.165, 1.54) is 0 Å². The Balaban J connectivity index is 2.11. The summed E-state index contributed by atoms with van der Waals surface area (Å²) >= 11 is 0. The lowest BCUT2D eigenvalue weighted by molar-refractivity contribution is -0.154. The van der Waals surface area contributed by atoms with E-state index in [0.717, 1.165) is 36.4 Å². The number of benzene rings is 1. The normalized spacial score (nSPS) is 21.2. The maximum Gasteiger partial charge on any atom is 0.311 e. The van der Waals surface area contributed by atoms with Gasteiger partial charge in [-0.25, -0.2) is 0 Å². The lowest BCUT2D eigenvalue weighted by atomic mass is 9.77. The fourth-order valence-corrected chi connectivity index (χ4v) is 3.60. The number of hydrogen-bond acceptors (Lipinski definition) is 5. The van der Waals surface area contributed by atoms with Crippen LogP contribution in [0.15, 0.2) is 18.2 Å². The second-order valence-electron chi connectivity index (χ2n) is 6.72. The van der Waals surface area contributed by atoms with Gasteiger partial charge in [0.1, 0.15) is 5.75 Å². The number of carboxylic acids is 1. The molecule has 0 radical (unpaired) electrons. The first kappa shape index (κ1) is 19.7. The Labute approximate surface area is 149 Å². The van der Waals surface area contributed by atoms with Crippen molar-refractivity contribution in [2.45, 2.75) is 32.4 Å². The van der Waals surface area contributed by atoms with Crippen LogP contribution in [0, 0.1) is 5.41 Å². The monoisotopic (exact) mass is 351 g/mol. The van der Waals surface area contributed by atoms with Crippen LogP contribution in [0.2, 0.25) is 0 Å². The van der Waals surface area contributed by atoms with E-state index >= 15 is 0 Å². The summed E-state index contributed by atoms with van der Waals surface area (Å²) in [4.78, 5) is 14.1. The van der Waals surface area contributed by atoms with Crippen LogP contribution in [0.3, 0.4) is 0 Å². The predicted octanol–water partition coefficient (Wildman–Crippen LogP) is 2.54. The van der Waals surface area contributed by atoms with Gasteiger partial charge in [0.2, 0.25) is 0 Å². The van der Waals surface area contributed by atoms with Gasteiger partial charge >= 0.3 is 5.97 Å². The first-order chi connectivity index (χ1) is 12.0. The Morgan fingerprint density at radius 3 is 2.72 bits per heavy atom. The van der Waals surface area contributed by atoms with Gasteiger partial charge in [-0.1, -0.05) is 6.07 Å². The van der Waals surface area contributed by atoms with Gasteiger partial charge in [0.05, 0.1) is 19.1 Å². The van der Waals surface area contributed by atoms with Crippen LogP contribution in [-0.2, 0) is 27.4 Å². The first-order valence-electron chi connectivity index (χ1n) is 8.64. The SMILES string of the molecule is COCC[C@@]1(C(=O)O)CCCN(Cc2ccc(OC)c(COC)c2)C1. The van der Waals surface area contributed by atoms with Crippen molar-refractivity contribution < 1.29 is 24.1 Å². The molecule has 6 nitrogen and oxygen atoms in total. The summed E-state index contributed by atoms with van der Waals surface area (Å²) in [6, 6.07) is 6.06.